The molecule has 0 unspecified atom stereocenters. The largest absolute Gasteiger partial charge is 0.493 e. The number of rotatable bonds is 10. The van der Waals surface area contributed by atoms with Crippen LogP contribution in [-0.2, 0) is 13.9 Å². The fraction of sp³-hybridized carbons (Fsp3) is 0.292. The lowest BCUT2D eigenvalue weighted by Gasteiger charge is -2.38. The Morgan fingerprint density at radius 3 is 2.33 bits per heavy atom. The Kier molecular flexibility index (Phi) is 8.03. The Labute approximate surface area is 228 Å². The van der Waals surface area contributed by atoms with Crippen molar-refractivity contribution in [2.75, 3.05) is 43.6 Å². The number of amides is 1. The highest BCUT2D eigenvalue weighted by Crippen LogP contribution is 2.43. The number of hydrogen-bond acceptors (Lipinski definition) is 11. The summed E-state index contributed by atoms with van der Waals surface area (Å²) in [4.78, 5) is 40.4. The molecule has 0 radical (unpaired) electrons. The lowest BCUT2D eigenvalue weighted by molar-refractivity contribution is -0.133. The molecule has 0 aliphatic carbocycles. The standard InChI is InChI=1S/C24H27FN5O9P/c1-24(2)22(31)30(12-38-40(32,33)34)16-8-13(6-7-17(16)39-24)27-21-15(25)11-26-23(29-21)28-14-9-18(35-3)20(37-5)19(10-14)36-4/h6-11H,12H2,1-5H3,(H2,32,33,34)(H2,26,27,28,29). The van der Waals surface area contributed by atoms with E-state index in [-0.39, 0.29) is 28.9 Å². The van der Waals surface area contributed by atoms with Crippen LogP contribution in [-0.4, -0.2) is 59.3 Å². The molecular formula is C24H27FN5O9P. The van der Waals surface area contributed by atoms with E-state index in [1.807, 2.05) is 0 Å². The van der Waals surface area contributed by atoms with E-state index in [0.29, 0.717) is 22.9 Å². The van der Waals surface area contributed by atoms with E-state index in [0.717, 1.165) is 11.1 Å². The van der Waals surface area contributed by atoms with Gasteiger partial charge in [0.25, 0.3) is 5.91 Å². The van der Waals surface area contributed by atoms with Crippen molar-refractivity contribution in [3.63, 3.8) is 0 Å². The van der Waals surface area contributed by atoms with E-state index in [9.17, 15) is 13.8 Å². The van der Waals surface area contributed by atoms with Crippen molar-refractivity contribution in [3.05, 3.63) is 42.3 Å². The van der Waals surface area contributed by atoms with Crippen LogP contribution in [0.25, 0.3) is 0 Å². The Hall–Kier alpha value is -4.17. The van der Waals surface area contributed by atoms with E-state index < -0.39 is 31.9 Å². The maximum absolute atomic E-state index is 14.7. The third-order valence-electron chi connectivity index (χ3n) is 5.66. The first kappa shape index (κ1) is 28.8. The van der Waals surface area contributed by atoms with E-state index in [2.05, 4.69) is 25.1 Å². The van der Waals surface area contributed by atoms with Gasteiger partial charge in [-0.25, -0.2) is 13.9 Å². The molecule has 3 aromatic rings. The van der Waals surface area contributed by atoms with E-state index in [1.165, 1.54) is 47.3 Å². The van der Waals surface area contributed by atoms with Crippen molar-refractivity contribution in [3.8, 4) is 23.0 Å². The van der Waals surface area contributed by atoms with Crippen molar-refractivity contribution < 1.29 is 47.0 Å². The molecule has 40 heavy (non-hydrogen) atoms. The number of anilines is 5. The summed E-state index contributed by atoms with van der Waals surface area (Å²) >= 11 is 0. The first-order valence-electron chi connectivity index (χ1n) is 11.6. The average molecular weight is 579 g/mol. The SMILES string of the molecule is COc1cc(Nc2ncc(F)c(Nc3ccc4c(c3)N(COP(=O)(O)O)C(=O)C(C)(C)O4)n2)cc(OC)c1OC. The number of hydrogen-bond donors (Lipinski definition) is 4. The summed E-state index contributed by atoms with van der Waals surface area (Å²) in [6, 6.07) is 7.75. The second-order valence-electron chi connectivity index (χ2n) is 8.83. The molecule has 4 rings (SSSR count). The smallest absolute Gasteiger partial charge is 0.471 e. The highest BCUT2D eigenvalue weighted by molar-refractivity contribution is 7.46. The predicted octanol–water partition coefficient (Wildman–Crippen LogP) is 3.70. The lowest BCUT2D eigenvalue weighted by Crippen LogP contribution is -2.53. The third-order valence-corrected chi connectivity index (χ3v) is 6.11. The highest BCUT2D eigenvalue weighted by atomic mass is 31.2. The molecule has 1 aliphatic rings. The summed E-state index contributed by atoms with van der Waals surface area (Å²) < 4.78 is 52.3. The number of phosphoric ester groups is 1. The summed E-state index contributed by atoms with van der Waals surface area (Å²) in [5, 5.41) is 5.77. The van der Waals surface area contributed by atoms with Crippen LogP contribution in [0.2, 0.25) is 0 Å². The maximum atomic E-state index is 14.7. The van der Waals surface area contributed by atoms with Gasteiger partial charge in [0, 0.05) is 23.5 Å². The number of nitrogens with zero attached hydrogens (tertiary/aromatic N) is 3. The van der Waals surface area contributed by atoms with Crippen LogP contribution < -0.4 is 34.5 Å². The number of fused-ring (bicyclic) bond motifs is 1. The molecule has 0 bridgehead atoms. The number of carbonyl (C=O) groups excluding carboxylic acids is 1. The predicted molar refractivity (Wildman–Crippen MR) is 141 cm³/mol. The summed E-state index contributed by atoms with van der Waals surface area (Å²) in [5.74, 6) is -0.149. The first-order valence-corrected chi connectivity index (χ1v) is 13.1. The molecule has 0 saturated heterocycles. The monoisotopic (exact) mass is 579 g/mol. The average Bonchev–Trinajstić information content (AvgIpc) is 2.89. The van der Waals surface area contributed by atoms with Crippen LogP contribution in [0.3, 0.4) is 0 Å². The van der Waals surface area contributed by atoms with Gasteiger partial charge in [-0.05, 0) is 32.0 Å². The van der Waals surface area contributed by atoms with E-state index in [1.54, 1.807) is 18.2 Å². The van der Waals surface area contributed by atoms with Crippen molar-refractivity contribution in [1.29, 1.82) is 0 Å². The zero-order chi connectivity index (χ0) is 29.2. The second kappa shape index (κ2) is 11.1. The van der Waals surface area contributed by atoms with Gasteiger partial charge in [-0.2, -0.15) is 4.98 Å². The first-order chi connectivity index (χ1) is 18.8. The summed E-state index contributed by atoms with van der Waals surface area (Å²) in [5.41, 5.74) is -0.424. The van der Waals surface area contributed by atoms with E-state index >= 15 is 0 Å². The molecule has 0 saturated carbocycles. The Morgan fingerprint density at radius 2 is 1.73 bits per heavy atom. The van der Waals surface area contributed by atoms with Crippen molar-refractivity contribution in [2.24, 2.45) is 0 Å². The molecule has 214 valence electrons. The zero-order valence-electron chi connectivity index (χ0n) is 22.1. The van der Waals surface area contributed by atoms with Gasteiger partial charge in [0.05, 0.1) is 33.2 Å². The van der Waals surface area contributed by atoms with Gasteiger partial charge in [0.15, 0.2) is 28.7 Å². The summed E-state index contributed by atoms with van der Waals surface area (Å²) in [7, 11) is -0.473. The second-order valence-corrected chi connectivity index (χ2v) is 10.1. The lowest BCUT2D eigenvalue weighted by atomic mass is 10.0. The highest BCUT2D eigenvalue weighted by Gasteiger charge is 2.41. The number of halogens is 1. The maximum Gasteiger partial charge on any atom is 0.471 e. The van der Waals surface area contributed by atoms with Gasteiger partial charge in [0.2, 0.25) is 11.7 Å². The van der Waals surface area contributed by atoms with Crippen LogP contribution in [0.4, 0.5) is 33.2 Å². The number of methoxy groups -OCH3 is 3. The number of nitrogens with one attached hydrogen (secondary N) is 2. The van der Waals surface area contributed by atoms with Crippen molar-refractivity contribution in [2.45, 2.75) is 19.4 Å². The molecule has 0 fully saturated rings. The molecule has 16 heteroatoms. The Balaban J connectivity index is 1.62. The van der Waals surface area contributed by atoms with Crippen molar-refractivity contribution in [1.82, 2.24) is 9.97 Å². The Bertz CT molecular complexity index is 1460. The van der Waals surface area contributed by atoms with Crippen LogP contribution in [0.1, 0.15) is 13.8 Å². The minimum absolute atomic E-state index is 0.0352. The third kappa shape index (κ3) is 6.18. The fourth-order valence-electron chi connectivity index (χ4n) is 3.84. The van der Waals surface area contributed by atoms with Gasteiger partial charge < -0.3 is 39.4 Å². The molecule has 1 amide bonds. The van der Waals surface area contributed by atoms with Gasteiger partial charge in [-0.1, -0.05) is 0 Å². The van der Waals surface area contributed by atoms with Crippen LogP contribution in [0, 0.1) is 5.82 Å². The quantitative estimate of drug-likeness (QED) is 0.256. The Morgan fingerprint density at radius 1 is 1.05 bits per heavy atom. The van der Waals surface area contributed by atoms with Gasteiger partial charge >= 0.3 is 7.82 Å². The minimum atomic E-state index is -4.88. The normalized spacial score (nSPS) is 14.2. The topological polar surface area (TPSA) is 174 Å². The number of ether oxygens (including phenoxy) is 4. The minimum Gasteiger partial charge on any atom is -0.493 e. The van der Waals surface area contributed by atoms with Gasteiger partial charge in [0.1, 0.15) is 12.5 Å². The van der Waals surface area contributed by atoms with Crippen LogP contribution in [0.15, 0.2) is 36.5 Å². The molecule has 0 spiro atoms. The summed E-state index contributed by atoms with van der Waals surface area (Å²) in [6.45, 7) is 2.28. The number of aromatic nitrogens is 2. The molecule has 2 aromatic carbocycles. The fourth-order valence-corrected chi connectivity index (χ4v) is 4.11. The molecule has 14 nitrogen and oxygen atoms in total. The summed E-state index contributed by atoms with van der Waals surface area (Å²) in [6.07, 6.45) is 0.962. The van der Waals surface area contributed by atoms with E-state index in [4.69, 9.17) is 28.7 Å². The molecule has 4 N–H and O–H groups in total. The van der Waals surface area contributed by atoms with Crippen molar-refractivity contribution >= 4 is 42.6 Å². The van der Waals surface area contributed by atoms with Gasteiger partial charge in [-0.3, -0.25) is 14.2 Å². The zero-order valence-corrected chi connectivity index (χ0v) is 23.0. The molecule has 1 aromatic heterocycles. The number of phosphoric acid groups is 1. The van der Waals surface area contributed by atoms with Crippen LogP contribution >= 0.6 is 7.82 Å². The number of benzene rings is 2. The molecule has 2 heterocycles. The molecule has 0 atom stereocenters. The van der Waals surface area contributed by atoms with Gasteiger partial charge in [-0.15, -0.1) is 0 Å². The molecular weight excluding hydrogens is 552 g/mol. The molecule has 1 aliphatic heterocycles. The van der Waals surface area contributed by atoms with Crippen LogP contribution in [0.5, 0.6) is 23.0 Å². The number of carbonyl (C=O) groups is 1.